The largest absolute Gasteiger partial charge is 0.296 e. The fraction of sp³-hybridized carbons (Fsp3) is 0.0526. The molecule has 4 aromatic rings. The summed E-state index contributed by atoms with van der Waals surface area (Å²) in [5.74, 6) is 0.0448. The van der Waals surface area contributed by atoms with Gasteiger partial charge >= 0.3 is 0 Å². The highest BCUT2D eigenvalue weighted by atomic mass is 16.1. The molecule has 3 aromatic heterocycles. The number of pyridine rings is 1. The van der Waals surface area contributed by atoms with Crippen LogP contribution < -0.4 is 0 Å². The van der Waals surface area contributed by atoms with Crippen molar-refractivity contribution >= 4 is 11.4 Å². The van der Waals surface area contributed by atoms with Crippen molar-refractivity contribution in [1.29, 1.82) is 0 Å². The highest BCUT2D eigenvalue weighted by molar-refractivity contribution is 5.95. The molecular formula is C19H14N4O. The molecular weight excluding hydrogens is 300 g/mol. The van der Waals surface area contributed by atoms with Gasteiger partial charge in [0.1, 0.15) is 0 Å². The lowest BCUT2D eigenvalue weighted by atomic mass is 10.1. The van der Waals surface area contributed by atoms with E-state index in [0.29, 0.717) is 5.56 Å². The monoisotopic (exact) mass is 314 g/mol. The first-order chi connectivity index (χ1) is 11.7. The number of carbonyl (C=O) groups excluding carboxylic acids is 1. The summed E-state index contributed by atoms with van der Waals surface area (Å²) in [4.78, 5) is 24.6. The molecule has 0 amide bonds. The van der Waals surface area contributed by atoms with Crippen LogP contribution in [0.1, 0.15) is 17.3 Å². The lowest BCUT2D eigenvalue weighted by Gasteiger charge is -2.06. The van der Waals surface area contributed by atoms with E-state index in [-0.39, 0.29) is 5.78 Å². The Labute approximate surface area is 138 Å². The second-order valence-electron chi connectivity index (χ2n) is 5.52. The third kappa shape index (κ3) is 2.46. The van der Waals surface area contributed by atoms with Gasteiger partial charge in [-0.05, 0) is 25.1 Å². The molecule has 0 aliphatic heterocycles. The van der Waals surface area contributed by atoms with Crippen LogP contribution >= 0.6 is 0 Å². The fourth-order valence-electron chi connectivity index (χ4n) is 2.66. The van der Waals surface area contributed by atoms with Crippen molar-refractivity contribution in [2.24, 2.45) is 0 Å². The highest BCUT2D eigenvalue weighted by Crippen LogP contribution is 2.24. The van der Waals surface area contributed by atoms with E-state index in [1.165, 1.54) is 0 Å². The van der Waals surface area contributed by atoms with Gasteiger partial charge in [-0.2, -0.15) is 0 Å². The number of hydrogen-bond acceptors (Lipinski definition) is 4. The predicted octanol–water partition coefficient (Wildman–Crippen LogP) is 3.66. The molecule has 0 aliphatic rings. The summed E-state index contributed by atoms with van der Waals surface area (Å²) in [5, 5.41) is 0. The Morgan fingerprint density at radius 2 is 1.88 bits per heavy atom. The minimum absolute atomic E-state index is 0.0448. The number of carbonyl (C=O) groups is 1. The maximum Gasteiger partial charge on any atom is 0.159 e. The number of nitrogens with zero attached hydrogens (tertiary/aromatic N) is 4. The summed E-state index contributed by atoms with van der Waals surface area (Å²) in [6.07, 6.45) is 8.98. The summed E-state index contributed by atoms with van der Waals surface area (Å²) in [6.45, 7) is 1.57. The normalized spacial score (nSPS) is 10.9. The fourth-order valence-corrected chi connectivity index (χ4v) is 2.66. The third-order valence-corrected chi connectivity index (χ3v) is 3.92. The van der Waals surface area contributed by atoms with Gasteiger partial charge in [0.15, 0.2) is 11.4 Å². The number of hydrogen-bond donors (Lipinski definition) is 0. The maximum atomic E-state index is 11.6. The Kier molecular flexibility index (Phi) is 3.39. The van der Waals surface area contributed by atoms with Crippen LogP contribution in [0.3, 0.4) is 0 Å². The Hall–Kier alpha value is -3.34. The minimum Gasteiger partial charge on any atom is -0.296 e. The van der Waals surface area contributed by atoms with Crippen molar-refractivity contribution in [1.82, 2.24) is 19.4 Å². The molecule has 0 aliphatic carbocycles. The number of imidazole rings is 1. The molecule has 0 saturated heterocycles. The van der Waals surface area contributed by atoms with Gasteiger partial charge in [0.25, 0.3) is 0 Å². The van der Waals surface area contributed by atoms with Crippen LogP contribution in [0.25, 0.3) is 28.2 Å². The van der Waals surface area contributed by atoms with E-state index < -0.39 is 0 Å². The van der Waals surface area contributed by atoms with Gasteiger partial charge in [-0.3, -0.25) is 19.2 Å². The van der Waals surface area contributed by atoms with Crippen LogP contribution in [-0.4, -0.2) is 25.1 Å². The van der Waals surface area contributed by atoms with Gasteiger partial charge in [-0.15, -0.1) is 0 Å². The molecule has 24 heavy (non-hydrogen) atoms. The number of rotatable bonds is 3. The summed E-state index contributed by atoms with van der Waals surface area (Å²) >= 11 is 0. The SMILES string of the molecule is CC(=O)c1cccc(-c2cnc3cnc(-c4cccnc4)cn23)c1. The van der Waals surface area contributed by atoms with Gasteiger partial charge in [0.2, 0.25) is 0 Å². The van der Waals surface area contributed by atoms with Crippen LogP contribution in [0.5, 0.6) is 0 Å². The van der Waals surface area contributed by atoms with Crippen molar-refractivity contribution in [3.63, 3.8) is 0 Å². The molecule has 0 atom stereocenters. The first-order valence-corrected chi connectivity index (χ1v) is 7.57. The van der Waals surface area contributed by atoms with Crippen molar-refractivity contribution in [3.05, 3.63) is 72.9 Å². The van der Waals surface area contributed by atoms with E-state index in [9.17, 15) is 4.79 Å². The van der Waals surface area contributed by atoms with Crippen molar-refractivity contribution in [2.45, 2.75) is 6.92 Å². The van der Waals surface area contributed by atoms with E-state index in [1.807, 2.05) is 47.0 Å². The number of fused-ring (bicyclic) bond motifs is 1. The molecule has 4 rings (SSSR count). The molecule has 1 aromatic carbocycles. The molecule has 0 spiro atoms. The quantitative estimate of drug-likeness (QED) is 0.541. The topological polar surface area (TPSA) is 60.2 Å². The Morgan fingerprint density at radius 1 is 1.00 bits per heavy atom. The first-order valence-electron chi connectivity index (χ1n) is 7.57. The third-order valence-electron chi connectivity index (χ3n) is 3.92. The first kappa shape index (κ1) is 14.3. The van der Waals surface area contributed by atoms with Gasteiger partial charge in [-0.1, -0.05) is 18.2 Å². The van der Waals surface area contributed by atoms with Crippen LogP contribution in [0, 0.1) is 0 Å². The molecule has 5 heteroatoms. The van der Waals surface area contributed by atoms with Crippen LogP contribution in [-0.2, 0) is 0 Å². The second kappa shape index (κ2) is 5.70. The lowest BCUT2D eigenvalue weighted by molar-refractivity contribution is 0.101. The molecule has 0 bridgehead atoms. The number of Topliss-reactive ketones (excluding diaryl/α,β-unsaturated/α-hetero) is 1. The Bertz CT molecular complexity index is 1040. The second-order valence-corrected chi connectivity index (χ2v) is 5.52. The van der Waals surface area contributed by atoms with Crippen LogP contribution in [0.4, 0.5) is 0 Å². The zero-order valence-electron chi connectivity index (χ0n) is 13.0. The Balaban J connectivity index is 1.88. The summed E-state index contributed by atoms with van der Waals surface area (Å²) < 4.78 is 1.98. The number of aromatic nitrogens is 4. The summed E-state index contributed by atoms with van der Waals surface area (Å²) in [5.41, 5.74) is 5.06. The van der Waals surface area contributed by atoms with Gasteiger partial charge in [0.05, 0.1) is 23.8 Å². The smallest absolute Gasteiger partial charge is 0.159 e. The molecule has 0 fully saturated rings. The number of ketones is 1. The standard InChI is InChI=1S/C19H14N4O/c1-13(24)14-4-2-5-15(8-14)18-10-22-19-11-21-17(12-23(18)19)16-6-3-7-20-9-16/h2-12H,1H3. The minimum atomic E-state index is 0.0448. The zero-order valence-corrected chi connectivity index (χ0v) is 13.0. The average molecular weight is 314 g/mol. The van der Waals surface area contributed by atoms with Gasteiger partial charge < -0.3 is 0 Å². The van der Waals surface area contributed by atoms with Crippen molar-refractivity contribution in [2.75, 3.05) is 0 Å². The average Bonchev–Trinajstić information content (AvgIpc) is 3.05. The predicted molar refractivity (Wildman–Crippen MR) is 91.7 cm³/mol. The highest BCUT2D eigenvalue weighted by Gasteiger charge is 2.10. The Morgan fingerprint density at radius 3 is 2.67 bits per heavy atom. The molecule has 0 N–H and O–H groups in total. The van der Waals surface area contributed by atoms with Gasteiger partial charge in [-0.25, -0.2) is 4.98 Å². The van der Waals surface area contributed by atoms with E-state index >= 15 is 0 Å². The van der Waals surface area contributed by atoms with E-state index in [4.69, 9.17) is 0 Å². The van der Waals surface area contributed by atoms with Gasteiger partial charge in [0, 0.05) is 35.3 Å². The molecule has 3 heterocycles. The molecule has 116 valence electrons. The molecule has 0 saturated carbocycles. The molecule has 0 unspecified atom stereocenters. The zero-order chi connectivity index (χ0) is 16.5. The number of benzene rings is 1. The van der Waals surface area contributed by atoms with Crippen molar-refractivity contribution < 1.29 is 4.79 Å². The van der Waals surface area contributed by atoms with Crippen molar-refractivity contribution in [3.8, 4) is 22.5 Å². The molecule has 0 radical (unpaired) electrons. The molecule has 5 nitrogen and oxygen atoms in total. The van der Waals surface area contributed by atoms with E-state index in [1.54, 1.807) is 31.7 Å². The van der Waals surface area contributed by atoms with Crippen LogP contribution in [0.15, 0.2) is 67.4 Å². The maximum absolute atomic E-state index is 11.6. The van der Waals surface area contributed by atoms with Crippen LogP contribution in [0.2, 0.25) is 0 Å². The lowest BCUT2D eigenvalue weighted by Crippen LogP contribution is -1.95. The summed E-state index contributed by atoms with van der Waals surface area (Å²) in [7, 11) is 0. The summed E-state index contributed by atoms with van der Waals surface area (Å²) in [6, 6.07) is 11.4. The van der Waals surface area contributed by atoms with E-state index in [2.05, 4.69) is 15.0 Å². The van der Waals surface area contributed by atoms with E-state index in [0.717, 1.165) is 28.2 Å².